The van der Waals surface area contributed by atoms with Gasteiger partial charge in [0.25, 0.3) is 0 Å². The lowest BCUT2D eigenvalue weighted by Gasteiger charge is -2.05. The van der Waals surface area contributed by atoms with E-state index in [2.05, 4.69) is 31.1 Å². The summed E-state index contributed by atoms with van der Waals surface area (Å²) < 4.78 is 10.5. The summed E-state index contributed by atoms with van der Waals surface area (Å²) in [5, 5.41) is 4.07. The number of nitrogen functional groups attached to an aromatic ring is 1. The third-order valence-corrected chi connectivity index (χ3v) is 3.52. The van der Waals surface area contributed by atoms with Crippen LogP contribution in [-0.2, 0) is 0 Å². The van der Waals surface area contributed by atoms with E-state index >= 15 is 0 Å². The maximum absolute atomic E-state index is 5.95. The number of nitrogens with two attached hydrogens (primary N) is 1. The molecule has 0 fully saturated rings. The van der Waals surface area contributed by atoms with E-state index in [0.717, 1.165) is 22.5 Å². The molecule has 0 atom stereocenters. The molecule has 3 aromatic rings. The van der Waals surface area contributed by atoms with Crippen molar-refractivity contribution in [2.45, 2.75) is 20.8 Å². The topological polar surface area (TPSA) is 65.2 Å². The SMILES string of the molecule is Cc1cc(-c2noc(N)c2-c2ccc(C)c(C)c2)co1. The molecule has 0 aliphatic carbocycles. The van der Waals surface area contributed by atoms with Crippen LogP contribution in [0.3, 0.4) is 0 Å². The molecule has 102 valence electrons. The molecule has 0 bridgehead atoms. The minimum absolute atomic E-state index is 0.321. The van der Waals surface area contributed by atoms with Crippen LogP contribution in [0.4, 0.5) is 5.88 Å². The zero-order valence-corrected chi connectivity index (χ0v) is 11.7. The number of anilines is 1. The van der Waals surface area contributed by atoms with E-state index in [-0.39, 0.29) is 0 Å². The van der Waals surface area contributed by atoms with Gasteiger partial charge >= 0.3 is 0 Å². The van der Waals surface area contributed by atoms with E-state index in [0.29, 0.717) is 11.6 Å². The molecule has 0 saturated heterocycles. The highest BCUT2D eigenvalue weighted by Crippen LogP contribution is 2.37. The Morgan fingerprint density at radius 3 is 2.45 bits per heavy atom. The Hall–Kier alpha value is -2.49. The Labute approximate surface area is 117 Å². The van der Waals surface area contributed by atoms with Crippen LogP contribution in [0.25, 0.3) is 22.4 Å². The van der Waals surface area contributed by atoms with Crippen molar-refractivity contribution in [1.82, 2.24) is 5.16 Å². The average Bonchev–Trinajstić information content (AvgIpc) is 2.99. The second-order valence-electron chi connectivity index (χ2n) is 5.02. The van der Waals surface area contributed by atoms with Gasteiger partial charge in [0.2, 0.25) is 5.88 Å². The van der Waals surface area contributed by atoms with Crippen LogP contribution in [-0.4, -0.2) is 5.16 Å². The standard InChI is InChI=1S/C16H16N2O2/c1-9-4-5-12(6-10(9)2)14-15(18-20-16(14)17)13-7-11(3)19-8-13/h4-8H,17H2,1-3H3. The molecule has 1 aromatic carbocycles. The molecule has 4 nitrogen and oxygen atoms in total. The molecule has 2 heterocycles. The van der Waals surface area contributed by atoms with Crippen LogP contribution in [0.5, 0.6) is 0 Å². The molecule has 4 heteroatoms. The zero-order chi connectivity index (χ0) is 14.3. The van der Waals surface area contributed by atoms with Crippen LogP contribution in [0.1, 0.15) is 16.9 Å². The summed E-state index contributed by atoms with van der Waals surface area (Å²) in [5.41, 5.74) is 11.8. The summed E-state index contributed by atoms with van der Waals surface area (Å²) in [6, 6.07) is 8.11. The molecule has 2 N–H and O–H groups in total. The van der Waals surface area contributed by atoms with E-state index in [9.17, 15) is 0 Å². The summed E-state index contributed by atoms with van der Waals surface area (Å²) in [4.78, 5) is 0. The van der Waals surface area contributed by atoms with E-state index in [1.54, 1.807) is 6.26 Å². The maximum atomic E-state index is 5.95. The lowest BCUT2D eigenvalue weighted by molar-refractivity contribution is 0.439. The summed E-state index contributed by atoms with van der Waals surface area (Å²) in [6.07, 6.45) is 1.66. The predicted octanol–water partition coefficient (Wildman–Crippen LogP) is 4.11. The van der Waals surface area contributed by atoms with Crippen molar-refractivity contribution in [2.24, 2.45) is 0 Å². The number of benzene rings is 1. The highest BCUT2D eigenvalue weighted by Gasteiger charge is 2.19. The number of hydrogen-bond donors (Lipinski definition) is 1. The number of aryl methyl sites for hydroxylation is 3. The lowest BCUT2D eigenvalue weighted by atomic mass is 9.98. The molecular formula is C16H16N2O2. The van der Waals surface area contributed by atoms with E-state index < -0.39 is 0 Å². The van der Waals surface area contributed by atoms with E-state index in [1.165, 1.54) is 11.1 Å². The Kier molecular flexibility index (Phi) is 2.86. The highest BCUT2D eigenvalue weighted by molar-refractivity contribution is 5.86. The fraction of sp³-hybridized carbons (Fsp3) is 0.188. The van der Waals surface area contributed by atoms with Crippen LogP contribution in [0, 0.1) is 20.8 Å². The molecule has 0 unspecified atom stereocenters. The van der Waals surface area contributed by atoms with Crippen LogP contribution >= 0.6 is 0 Å². The molecular weight excluding hydrogens is 252 g/mol. The molecule has 0 saturated carbocycles. The van der Waals surface area contributed by atoms with E-state index in [1.807, 2.05) is 19.1 Å². The zero-order valence-electron chi connectivity index (χ0n) is 11.7. The van der Waals surface area contributed by atoms with Crippen LogP contribution in [0.15, 0.2) is 39.5 Å². The molecule has 0 spiro atoms. The number of aromatic nitrogens is 1. The maximum Gasteiger partial charge on any atom is 0.230 e. The molecule has 0 radical (unpaired) electrons. The van der Waals surface area contributed by atoms with Crippen molar-refractivity contribution in [3.05, 3.63) is 47.4 Å². The van der Waals surface area contributed by atoms with Crippen molar-refractivity contribution in [3.8, 4) is 22.4 Å². The quantitative estimate of drug-likeness (QED) is 0.759. The van der Waals surface area contributed by atoms with Gasteiger partial charge in [-0.15, -0.1) is 0 Å². The minimum atomic E-state index is 0.321. The van der Waals surface area contributed by atoms with Crippen molar-refractivity contribution in [3.63, 3.8) is 0 Å². The van der Waals surface area contributed by atoms with Gasteiger partial charge in [0.1, 0.15) is 17.7 Å². The number of rotatable bonds is 2. The summed E-state index contributed by atoms with van der Waals surface area (Å²) in [7, 11) is 0. The van der Waals surface area contributed by atoms with Gasteiger partial charge in [-0.25, -0.2) is 0 Å². The second kappa shape index (κ2) is 4.56. The van der Waals surface area contributed by atoms with Gasteiger partial charge in [0.05, 0.1) is 5.56 Å². The Morgan fingerprint density at radius 2 is 1.80 bits per heavy atom. The van der Waals surface area contributed by atoms with Gasteiger partial charge in [-0.1, -0.05) is 23.4 Å². The Balaban J connectivity index is 2.18. The molecule has 0 amide bonds. The molecule has 0 aliphatic heterocycles. The first-order chi connectivity index (χ1) is 9.56. The first-order valence-corrected chi connectivity index (χ1v) is 6.44. The first kappa shape index (κ1) is 12.5. The van der Waals surface area contributed by atoms with Gasteiger partial charge in [-0.2, -0.15) is 0 Å². The van der Waals surface area contributed by atoms with Gasteiger partial charge in [-0.3, -0.25) is 0 Å². The molecule has 20 heavy (non-hydrogen) atoms. The monoisotopic (exact) mass is 268 g/mol. The predicted molar refractivity (Wildman–Crippen MR) is 78.3 cm³/mol. The normalized spacial score (nSPS) is 10.9. The summed E-state index contributed by atoms with van der Waals surface area (Å²) in [5.74, 6) is 1.15. The largest absolute Gasteiger partial charge is 0.469 e. The third kappa shape index (κ3) is 1.99. The van der Waals surface area contributed by atoms with Crippen LogP contribution < -0.4 is 5.73 Å². The van der Waals surface area contributed by atoms with Crippen molar-refractivity contribution >= 4 is 5.88 Å². The summed E-state index contributed by atoms with van der Waals surface area (Å²) >= 11 is 0. The van der Waals surface area contributed by atoms with Crippen LogP contribution in [0.2, 0.25) is 0 Å². The number of nitrogens with zero attached hydrogens (tertiary/aromatic N) is 1. The fourth-order valence-corrected chi connectivity index (χ4v) is 2.24. The Morgan fingerprint density at radius 1 is 1.00 bits per heavy atom. The molecule has 3 rings (SSSR count). The van der Waals surface area contributed by atoms with Crippen molar-refractivity contribution in [2.75, 3.05) is 5.73 Å². The van der Waals surface area contributed by atoms with Crippen molar-refractivity contribution in [1.29, 1.82) is 0 Å². The average molecular weight is 268 g/mol. The van der Waals surface area contributed by atoms with Gasteiger partial charge < -0.3 is 14.7 Å². The first-order valence-electron chi connectivity index (χ1n) is 6.44. The third-order valence-electron chi connectivity index (χ3n) is 3.52. The van der Waals surface area contributed by atoms with Crippen molar-refractivity contribution < 1.29 is 8.94 Å². The molecule has 2 aromatic heterocycles. The lowest BCUT2D eigenvalue weighted by Crippen LogP contribution is -1.89. The number of hydrogen-bond acceptors (Lipinski definition) is 4. The van der Waals surface area contributed by atoms with Gasteiger partial charge in [0.15, 0.2) is 0 Å². The minimum Gasteiger partial charge on any atom is -0.469 e. The molecule has 0 aliphatic rings. The fourth-order valence-electron chi connectivity index (χ4n) is 2.24. The van der Waals surface area contributed by atoms with E-state index in [4.69, 9.17) is 14.7 Å². The van der Waals surface area contributed by atoms with Gasteiger partial charge in [-0.05, 0) is 43.5 Å². The Bertz CT molecular complexity index is 769. The summed E-state index contributed by atoms with van der Waals surface area (Å²) in [6.45, 7) is 6.04. The smallest absolute Gasteiger partial charge is 0.230 e. The number of furan rings is 1. The second-order valence-corrected chi connectivity index (χ2v) is 5.02. The van der Waals surface area contributed by atoms with Gasteiger partial charge in [0, 0.05) is 5.56 Å². The highest BCUT2D eigenvalue weighted by atomic mass is 16.5.